The molecule has 1 saturated heterocycles. The molecule has 1 aliphatic rings. The summed E-state index contributed by atoms with van der Waals surface area (Å²) in [4.78, 5) is 16.7. The van der Waals surface area contributed by atoms with Crippen LogP contribution < -0.4 is 10.1 Å². The third kappa shape index (κ3) is 3.19. The highest BCUT2D eigenvalue weighted by Gasteiger charge is 2.30. The minimum absolute atomic E-state index is 0.115. The summed E-state index contributed by atoms with van der Waals surface area (Å²) in [5.41, 5.74) is 1.39. The van der Waals surface area contributed by atoms with Crippen LogP contribution in [-0.2, 0) is 7.05 Å². The molecule has 0 radical (unpaired) electrons. The van der Waals surface area contributed by atoms with Crippen LogP contribution >= 0.6 is 0 Å². The number of ether oxygens (including phenoxy) is 1. The molecule has 0 saturated carbocycles. The van der Waals surface area contributed by atoms with E-state index >= 15 is 0 Å². The van der Waals surface area contributed by atoms with Crippen molar-refractivity contribution in [3.8, 4) is 5.88 Å². The Morgan fingerprint density at radius 1 is 1.45 bits per heavy atom. The molecule has 1 aliphatic heterocycles. The lowest BCUT2D eigenvalue weighted by molar-refractivity contribution is 0.113. The predicted molar refractivity (Wildman–Crippen MR) is 86.3 cm³/mol. The van der Waals surface area contributed by atoms with Gasteiger partial charge in [-0.2, -0.15) is 5.10 Å². The van der Waals surface area contributed by atoms with Gasteiger partial charge < -0.3 is 19.9 Å². The number of urea groups is 1. The van der Waals surface area contributed by atoms with Gasteiger partial charge >= 0.3 is 6.03 Å². The number of carbonyl (C=O) groups is 1. The summed E-state index contributed by atoms with van der Waals surface area (Å²) in [7, 11) is 7.36. The Kier molecular flexibility index (Phi) is 4.95. The zero-order valence-corrected chi connectivity index (χ0v) is 14.4. The van der Waals surface area contributed by atoms with Gasteiger partial charge in [-0.3, -0.25) is 0 Å². The maximum Gasteiger partial charge on any atom is 0.322 e. The Balaban J connectivity index is 2.09. The normalized spacial score (nSPS) is 22.5. The Hall–Kier alpha value is -1.76. The van der Waals surface area contributed by atoms with E-state index in [1.165, 1.54) is 0 Å². The molecule has 0 unspecified atom stereocenters. The molecule has 2 amide bonds. The lowest BCUT2D eigenvalue weighted by Crippen LogP contribution is -2.50. The van der Waals surface area contributed by atoms with Crippen molar-refractivity contribution >= 4 is 11.7 Å². The Bertz CT molecular complexity index is 542. The second-order valence-corrected chi connectivity index (χ2v) is 6.23. The van der Waals surface area contributed by atoms with Gasteiger partial charge in [-0.15, -0.1) is 0 Å². The molecule has 0 aliphatic carbocycles. The average Bonchev–Trinajstić information content (AvgIpc) is 2.72. The van der Waals surface area contributed by atoms with Gasteiger partial charge in [0.2, 0.25) is 5.88 Å². The van der Waals surface area contributed by atoms with Crippen molar-refractivity contribution < 1.29 is 9.53 Å². The van der Waals surface area contributed by atoms with Crippen LogP contribution in [0.5, 0.6) is 5.88 Å². The second kappa shape index (κ2) is 6.56. The predicted octanol–water partition coefficient (Wildman–Crippen LogP) is 1.54. The molecule has 22 heavy (non-hydrogen) atoms. The number of likely N-dealkylation sites (tertiary alicyclic amines) is 1. The smallest absolute Gasteiger partial charge is 0.322 e. The van der Waals surface area contributed by atoms with Crippen LogP contribution in [0.2, 0.25) is 0 Å². The lowest BCUT2D eigenvalue weighted by atomic mass is 9.93. The minimum Gasteiger partial charge on any atom is -0.480 e. The molecule has 0 spiro atoms. The van der Waals surface area contributed by atoms with Crippen molar-refractivity contribution in [2.75, 3.05) is 39.6 Å². The summed E-state index contributed by atoms with van der Waals surface area (Å²) in [5.74, 6) is 1.02. The monoisotopic (exact) mass is 309 g/mol. The Labute approximate surface area is 132 Å². The zero-order chi connectivity index (χ0) is 16.4. The summed E-state index contributed by atoms with van der Waals surface area (Å²) in [5, 5.41) is 7.23. The van der Waals surface area contributed by atoms with E-state index in [0.717, 1.165) is 25.2 Å². The highest BCUT2D eigenvalue weighted by atomic mass is 16.5. The van der Waals surface area contributed by atoms with E-state index < -0.39 is 0 Å². The molecule has 0 aromatic carbocycles. The summed E-state index contributed by atoms with van der Waals surface area (Å²) in [6.45, 7) is 6.08. The van der Waals surface area contributed by atoms with Crippen LogP contribution in [0.15, 0.2) is 0 Å². The van der Waals surface area contributed by atoms with Gasteiger partial charge in [0.05, 0.1) is 12.8 Å². The van der Waals surface area contributed by atoms with E-state index in [0.29, 0.717) is 17.5 Å². The molecular weight excluding hydrogens is 282 g/mol. The van der Waals surface area contributed by atoms with E-state index in [-0.39, 0.29) is 12.1 Å². The highest BCUT2D eigenvalue weighted by Crippen LogP contribution is 2.28. The fourth-order valence-electron chi connectivity index (χ4n) is 3.28. The summed E-state index contributed by atoms with van der Waals surface area (Å²) in [6.07, 6.45) is 0.991. The van der Waals surface area contributed by atoms with E-state index in [2.05, 4.69) is 29.3 Å². The molecular formula is C15H27N5O2. The number of methoxy groups -OCH3 is 1. The van der Waals surface area contributed by atoms with Crippen molar-refractivity contribution in [1.29, 1.82) is 0 Å². The first-order valence-corrected chi connectivity index (χ1v) is 7.65. The van der Waals surface area contributed by atoms with E-state index in [4.69, 9.17) is 4.74 Å². The third-order valence-electron chi connectivity index (χ3n) is 4.48. The first-order valence-electron chi connectivity index (χ1n) is 7.65. The van der Waals surface area contributed by atoms with Crippen molar-refractivity contribution in [3.05, 3.63) is 5.69 Å². The number of aromatic nitrogens is 2. The van der Waals surface area contributed by atoms with Crippen LogP contribution in [0, 0.1) is 12.8 Å². The SMILES string of the molecule is COc1c(NC(=O)N(C)[C@H]2CCN(C)C[C@@H]2C)c(C)nn1C. The second-order valence-electron chi connectivity index (χ2n) is 6.23. The lowest BCUT2D eigenvalue weighted by Gasteiger charge is -2.39. The molecule has 1 aromatic heterocycles. The number of nitrogens with one attached hydrogen (secondary N) is 1. The van der Waals surface area contributed by atoms with Crippen molar-refractivity contribution in [2.24, 2.45) is 13.0 Å². The first-order chi connectivity index (χ1) is 10.3. The molecule has 1 fully saturated rings. The van der Waals surface area contributed by atoms with Crippen LogP contribution in [0.25, 0.3) is 0 Å². The molecule has 2 rings (SSSR count). The zero-order valence-electron chi connectivity index (χ0n) is 14.4. The number of nitrogens with zero attached hydrogens (tertiary/aromatic N) is 4. The van der Waals surface area contributed by atoms with Gasteiger partial charge in [0, 0.05) is 26.7 Å². The number of hydrogen-bond donors (Lipinski definition) is 1. The van der Waals surface area contributed by atoms with Gasteiger partial charge in [-0.05, 0) is 32.9 Å². The van der Waals surface area contributed by atoms with Gasteiger partial charge in [0.1, 0.15) is 5.69 Å². The first kappa shape index (κ1) is 16.6. The quantitative estimate of drug-likeness (QED) is 0.920. The van der Waals surface area contributed by atoms with Gasteiger partial charge in [0.25, 0.3) is 0 Å². The molecule has 1 N–H and O–H groups in total. The molecule has 1 aromatic rings. The maximum atomic E-state index is 12.6. The molecule has 2 heterocycles. The Morgan fingerprint density at radius 3 is 2.73 bits per heavy atom. The van der Waals surface area contributed by atoms with Gasteiger partial charge in [0.15, 0.2) is 0 Å². The fourth-order valence-corrected chi connectivity index (χ4v) is 3.28. The number of carbonyl (C=O) groups excluding carboxylic acids is 1. The third-order valence-corrected chi connectivity index (χ3v) is 4.48. The highest BCUT2D eigenvalue weighted by molar-refractivity contribution is 5.91. The summed E-state index contributed by atoms with van der Waals surface area (Å²) < 4.78 is 6.95. The van der Waals surface area contributed by atoms with E-state index in [9.17, 15) is 4.79 Å². The van der Waals surface area contributed by atoms with Crippen molar-refractivity contribution in [1.82, 2.24) is 19.6 Å². The molecule has 2 atom stereocenters. The van der Waals surface area contributed by atoms with Crippen LogP contribution in [-0.4, -0.2) is 65.9 Å². The Morgan fingerprint density at radius 2 is 2.14 bits per heavy atom. The average molecular weight is 309 g/mol. The van der Waals surface area contributed by atoms with Gasteiger partial charge in [-0.25, -0.2) is 9.48 Å². The largest absolute Gasteiger partial charge is 0.480 e. The maximum absolute atomic E-state index is 12.6. The number of rotatable bonds is 3. The fraction of sp³-hybridized carbons (Fsp3) is 0.733. The molecule has 7 nitrogen and oxygen atoms in total. The van der Waals surface area contributed by atoms with Crippen molar-refractivity contribution in [2.45, 2.75) is 26.3 Å². The van der Waals surface area contributed by atoms with E-state index in [1.807, 2.05) is 18.9 Å². The number of amides is 2. The van der Waals surface area contributed by atoms with Crippen molar-refractivity contribution in [3.63, 3.8) is 0 Å². The molecule has 0 bridgehead atoms. The molecule has 7 heteroatoms. The molecule has 124 valence electrons. The number of hydrogen-bond acceptors (Lipinski definition) is 4. The topological polar surface area (TPSA) is 62.6 Å². The van der Waals surface area contributed by atoms with Crippen LogP contribution in [0.1, 0.15) is 19.0 Å². The van der Waals surface area contributed by atoms with Gasteiger partial charge in [-0.1, -0.05) is 6.92 Å². The summed E-state index contributed by atoms with van der Waals surface area (Å²) in [6, 6.07) is 0.134. The number of aryl methyl sites for hydroxylation is 2. The number of anilines is 1. The van der Waals surface area contributed by atoms with Crippen LogP contribution in [0.4, 0.5) is 10.5 Å². The minimum atomic E-state index is -0.115. The van der Waals surface area contributed by atoms with Crippen LogP contribution in [0.3, 0.4) is 0 Å². The summed E-state index contributed by atoms with van der Waals surface area (Å²) >= 11 is 0. The number of piperidine rings is 1. The standard InChI is InChI=1S/C15H27N5O2/c1-10-9-18(3)8-7-12(10)19(4)15(21)16-13-11(2)17-20(5)14(13)22-6/h10,12H,7-9H2,1-6H3,(H,16,21)/t10-,12-/m0/s1. The van der Waals surface area contributed by atoms with E-state index in [1.54, 1.807) is 18.8 Å².